The minimum Gasteiger partial charge on any atom is -0.455 e. The lowest BCUT2D eigenvalue weighted by Gasteiger charge is -2.14. The van der Waals surface area contributed by atoms with Crippen LogP contribution in [0.2, 0.25) is 0 Å². The summed E-state index contributed by atoms with van der Waals surface area (Å²) in [5.74, 6) is 1.76. The Hall–Kier alpha value is -6.72. The zero-order chi connectivity index (χ0) is 32.3. The van der Waals surface area contributed by atoms with Gasteiger partial charge in [0.05, 0.1) is 16.6 Å². The smallest absolute Gasteiger partial charge is 0.166 e. The van der Waals surface area contributed by atoms with E-state index in [9.17, 15) is 0 Å². The molecular formula is C44H26N4O. The molecule has 0 fully saturated rings. The van der Waals surface area contributed by atoms with Gasteiger partial charge in [-0.25, -0.2) is 19.9 Å². The molecule has 5 heteroatoms. The molecule has 228 valence electrons. The normalized spacial score (nSPS) is 11.7. The number of pyridine rings is 1. The van der Waals surface area contributed by atoms with E-state index in [2.05, 4.69) is 72.8 Å². The largest absolute Gasteiger partial charge is 0.455 e. The van der Waals surface area contributed by atoms with Gasteiger partial charge in [0.2, 0.25) is 0 Å². The van der Waals surface area contributed by atoms with Crippen LogP contribution in [0, 0.1) is 0 Å². The number of hydrogen-bond acceptors (Lipinski definition) is 5. The summed E-state index contributed by atoms with van der Waals surface area (Å²) >= 11 is 0. The van der Waals surface area contributed by atoms with Crippen molar-refractivity contribution in [1.82, 2.24) is 19.9 Å². The minimum absolute atomic E-state index is 0.551. The van der Waals surface area contributed by atoms with Crippen molar-refractivity contribution in [3.63, 3.8) is 0 Å². The van der Waals surface area contributed by atoms with E-state index in [1.54, 1.807) is 0 Å². The summed E-state index contributed by atoms with van der Waals surface area (Å²) in [6, 6.07) is 53.8. The van der Waals surface area contributed by atoms with E-state index in [1.165, 1.54) is 10.8 Å². The zero-order valence-corrected chi connectivity index (χ0v) is 26.2. The second-order valence-electron chi connectivity index (χ2n) is 12.2. The lowest BCUT2D eigenvalue weighted by atomic mass is 9.93. The second kappa shape index (κ2) is 10.9. The van der Waals surface area contributed by atoms with Gasteiger partial charge in [0.1, 0.15) is 11.2 Å². The van der Waals surface area contributed by atoms with Gasteiger partial charge < -0.3 is 4.42 Å². The molecule has 0 spiro atoms. The predicted octanol–water partition coefficient (Wildman–Crippen LogP) is 11.3. The van der Waals surface area contributed by atoms with E-state index in [4.69, 9.17) is 24.4 Å². The molecule has 0 unspecified atom stereocenters. The fourth-order valence-corrected chi connectivity index (χ4v) is 7.04. The Labute approximate surface area is 281 Å². The lowest BCUT2D eigenvalue weighted by Crippen LogP contribution is -2.01. The predicted molar refractivity (Wildman–Crippen MR) is 199 cm³/mol. The maximum Gasteiger partial charge on any atom is 0.166 e. The highest BCUT2D eigenvalue weighted by atomic mass is 16.3. The summed E-state index contributed by atoms with van der Waals surface area (Å²) in [6.45, 7) is 0. The van der Waals surface area contributed by atoms with Crippen LogP contribution < -0.4 is 0 Å². The molecule has 0 saturated carbocycles. The van der Waals surface area contributed by atoms with Gasteiger partial charge in [-0.05, 0) is 45.8 Å². The molecule has 0 bridgehead atoms. The molecule has 0 aliphatic heterocycles. The van der Waals surface area contributed by atoms with Crippen molar-refractivity contribution in [3.8, 4) is 45.4 Å². The molecule has 0 saturated heterocycles. The Morgan fingerprint density at radius 1 is 0.388 bits per heavy atom. The number of aromatic nitrogens is 4. The molecule has 7 aromatic carbocycles. The SMILES string of the molecule is c1ccc(-c2nc(-c3ccccc3)nc(-c3cccc4c3nc(-c3cc5ccccc5c5ccccc35)c3c5ccccc5oc43)n2)cc1. The van der Waals surface area contributed by atoms with Crippen LogP contribution in [0.4, 0.5) is 0 Å². The first kappa shape index (κ1) is 27.4. The third kappa shape index (κ3) is 4.40. The lowest BCUT2D eigenvalue weighted by molar-refractivity contribution is 0.672. The summed E-state index contributed by atoms with van der Waals surface area (Å²) in [4.78, 5) is 20.6. The second-order valence-corrected chi connectivity index (χ2v) is 12.2. The summed E-state index contributed by atoms with van der Waals surface area (Å²) in [5, 5.41) is 7.61. The van der Waals surface area contributed by atoms with Crippen molar-refractivity contribution in [3.05, 3.63) is 158 Å². The Balaban J connectivity index is 1.33. The van der Waals surface area contributed by atoms with Crippen LogP contribution in [-0.4, -0.2) is 19.9 Å². The molecule has 10 aromatic rings. The molecule has 0 aliphatic carbocycles. The first-order chi connectivity index (χ1) is 24.3. The summed E-state index contributed by atoms with van der Waals surface area (Å²) in [5.41, 5.74) is 6.94. The summed E-state index contributed by atoms with van der Waals surface area (Å²) < 4.78 is 6.71. The number of furan rings is 1. The fraction of sp³-hybridized carbons (Fsp3) is 0. The highest BCUT2D eigenvalue weighted by molar-refractivity contribution is 6.24. The molecule has 0 amide bonds. The average molecular weight is 627 g/mol. The molecule has 3 aromatic heterocycles. The van der Waals surface area contributed by atoms with Crippen LogP contribution >= 0.6 is 0 Å². The van der Waals surface area contributed by atoms with Gasteiger partial charge in [-0.2, -0.15) is 0 Å². The number of para-hydroxylation sites is 2. The Morgan fingerprint density at radius 3 is 1.69 bits per heavy atom. The Bertz CT molecular complexity index is 2820. The number of rotatable bonds is 4. The van der Waals surface area contributed by atoms with Gasteiger partial charge in [0.15, 0.2) is 17.5 Å². The van der Waals surface area contributed by atoms with Gasteiger partial charge in [-0.1, -0.05) is 133 Å². The Morgan fingerprint density at radius 2 is 0.959 bits per heavy atom. The summed E-state index contributed by atoms with van der Waals surface area (Å²) in [6.07, 6.45) is 0. The van der Waals surface area contributed by atoms with Crippen LogP contribution in [0.15, 0.2) is 162 Å². The van der Waals surface area contributed by atoms with Crippen molar-refractivity contribution >= 4 is 54.4 Å². The van der Waals surface area contributed by atoms with Crippen LogP contribution in [0.5, 0.6) is 0 Å². The van der Waals surface area contributed by atoms with Crippen LogP contribution in [0.3, 0.4) is 0 Å². The van der Waals surface area contributed by atoms with Gasteiger partial charge in [-0.3, -0.25) is 0 Å². The molecule has 3 heterocycles. The number of fused-ring (bicyclic) bond motifs is 8. The van der Waals surface area contributed by atoms with Crippen LogP contribution in [0.25, 0.3) is 99.8 Å². The summed E-state index contributed by atoms with van der Waals surface area (Å²) in [7, 11) is 0. The van der Waals surface area contributed by atoms with E-state index in [1.807, 2.05) is 84.9 Å². The van der Waals surface area contributed by atoms with Gasteiger partial charge in [-0.15, -0.1) is 0 Å². The molecule has 0 aliphatic rings. The number of hydrogen-bond donors (Lipinski definition) is 0. The molecule has 0 N–H and O–H groups in total. The topological polar surface area (TPSA) is 64.7 Å². The maximum atomic E-state index is 6.71. The van der Waals surface area contributed by atoms with Gasteiger partial charge >= 0.3 is 0 Å². The minimum atomic E-state index is 0.551. The molecule has 0 atom stereocenters. The van der Waals surface area contributed by atoms with E-state index < -0.39 is 0 Å². The quantitative estimate of drug-likeness (QED) is 0.182. The van der Waals surface area contributed by atoms with Crippen molar-refractivity contribution in [2.24, 2.45) is 0 Å². The van der Waals surface area contributed by atoms with E-state index in [0.717, 1.165) is 71.6 Å². The van der Waals surface area contributed by atoms with E-state index in [-0.39, 0.29) is 0 Å². The van der Waals surface area contributed by atoms with Crippen molar-refractivity contribution in [2.75, 3.05) is 0 Å². The highest BCUT2D eigenvalue weighted by Gasteiger charge is 2.23. The zero-order valence-electron chi connectivity index (χ0n) is 26.2. The standard InChI is InChI=1S/C44H26N4O/c1-3-14-27(15-4-1)42-46-43(28-16-5-2-6-17-28)48-44(47-42)35-24-13-23-34-39(35)45-40(38-33-22-11-12-25-37(33)49-41(34)38)36-26-29-18-7-8-19-30(29)31-20-9-10-21-32(31)36/h1-26H. The average Bonchev–Trinajstić information content (AvgIpc) is 3.58. The Kier molecular flexibility index (Phi) is 6.11. The molecular weight excluding hydrogens is 601 g/mol. The molecule has 49 heavy (non-hydrogen) atoms. The highest BCUT2D eigenvalue weighted by Crippen LogP contribution is 2.44. The number of nitrogens with zero attached hydrogens (tertiary/aromatic N) is 4. The van der Waals surface area contributed by atoms with Crippen molar-refractivity contribution < 1.29 is 4.42 Å². The molecule has 0 radical (unpaired) electrons. The fourth-order valence-electron chi connectivity index (χ4n) is 7.04. The third-order valence-electron chi connectivity index (χ3n) is 9.30. The maximum absolute atomic E-state index is 6.71. The van der Waals surface area contributed by atoms with E-state index >= 15 is 0 Å². The van der Waals surface area contributed by atoms with Crippen molar-refractivity contribution in [1.29, 1.82) is 0 Å². The van der Waals surface area contributed by atoms with E-state index in [0.29, 0.717) is 17.5 Å². The molecule has 10 rings (SSSR count). The van der Waals surface area contributed by atoms with Crippen LogP contribution in [0.1, 0.15) is 0 Å². The van der Waals surface area contributed by atoms with Gasteiger partial charge in [0.25, 0.3) is 0 Å². The molecule has 5 nitrogen and oxygen atoms in total. The third-order valence-corrected chi connectivity index (χ3v) is 9.30. The monoisotopic (exact) mass is 626 g/mol. The van der Waals surface area contributed by atoms with Crippen LogP contribution in [-0.2, 0) is 0 Å². The van der Waals surface area contributed by atoms with Crippen molar-refractivity contribution in [2.45, 2.75) is 0 Å². The first-order valence-electron chi connectivity index (χ1n) is 16.3. The first-order valence-corrected chi connectivity index (χ1v) is 16.3. The van der Waals surface area contributed by atoms with Gasteiger partial charge in [0, 0.05) is 33.0 Å². The number of benzene rings is 7.